The predicted octanol–water partition coefficient (Wildman–Crippen LogP) is 0.446. The number of imide groups is 1. The second-order valence-corrected chi connectivity index (χ2v) is 4.59. The summed E-state index contributed by atoms with van der Waals surface area (Å²) in [6, 6.07) is 0. The van der Waals surface area contributed by atoms with Gasteiger partial charge in [0.25, 0.3) is 0 Å². The molecule has 19 heavy (non-hydrogen) atoms. The van der Waals surface area contributed by atoms with Crippen LogP contribution in [0.4, 0.5) is 4.79 Å². The molecule has 1 fully saturated rings. The standard InChI is InChI=1S/C12H20N2O5/c1-2-19-12(18)13-10(15)8-14-6-5-9(7-14)3-4-11(16)17/h9H,2-8H2,1H3,(H,16,17)(H,13,15,18). The zero-order chi connectivity index (χ0) is 14.3. The first-order valence-corrected chi connectivity index (χ1v) is 6.42. The van der Waals surface area contributed by atoms with E-state index in [1.165, 1.54) is 0 Å². The van der Waals surface area contributed by atoms with Crippen LogP contribution < -0.4 is 5.32 Å². The fraction of sp³-hybridized carbons (Fsp3) is 0.750. The van der Waals surface area contributed by atoms with Crippen LogP contribution in [-0.4, -0.2) is 54.2 Å². The van der Waals surface area contributed by atoms with Crippen LogP contribution in [0.5, 0.6) is 0 Å². The van der Waals surface area contributed by atoms with Crippen LogP contribution >= 0.6 is 0 Å². The molecule has 0 saturated carbocycles. The smallest absolute Gasteiger partial charge is 0.413 e. The Balaban J connectivity index is 2.22. The Morgan fingerprint density at radius 3 is 2.79 bits per heavy atom. The summed E-state index contributed by atoms with van der Waals surface area (Å²) in [6.07, 6.45) is 0.952. The molecule has 7 heteroatoms. The fourth-order valence-corrected chi connectivity index (χ4v) is 2.14. The van der Waals surface area contributed by atoms with E-state index in [1.54, 1.807) is 6.92 Å². The van der Waals surface area contributed by atoms with E-state index < -0.39 is 18.0 Å². The number of hydrogen-bond acceptors (Lipinski definition) is 5. The Bertz CT molecular complexity index is 345. The first-order valence-electron chi connectivity index (χ1n) is 6.42. The minimum Gasteiger partial charge on any atom is -0.481 e. The summed E-state index contributed by atoms with van der Waals surface area (Å²) in [5.41, 5.74) is 0. The Morgan fingerprint density at radius 1 is 1.42 bits per heavy atom. The number of ether oxygens (including phenoxy) is 1. The molecule has 0 aromatic carbocycles. The van der Waals surface area contributed by atoms with Crippen LogP contribution in [-0.2, 0) is 14.3 Å². The van der Waals surface area contributed by atoms with E-state index in [9.17, 15) is 14.4 Å². The summed E-state index contributed by atoms with van der Waals surface area (Å²) in [7, 11) is 0. The molecule has 1 aliphatic rings. The average molecular weight is 272 g/mol. The highest BCUT2D eigenvalue weighted by Crippen LogP contribution is 2.20. The van der Waals surface area contributed by atoms with Gasteiger partial charge >= 0.3 is 12.1 Å². The van der Waals surface area contributed by atoms with E-state index in [0.717, 1.165) is 13.0 Å². The summed E-state index contributed by atoms with van der Waals surface area (Å²) in [4.78, 5) is 34.9. The van der Waals surface area contributed by atoms with Crippen molar-refractivity contribution < 1.29 is 24.2 Å². The number of carbonyl (C=O) groups excluding carboxylic acids is 2. The lowest BCUT2D eigenvalue weighted by molar-refractivity contribution is -0.137. The number of carboxylic acid groups (broad SMARTS) is 1. The molecule has 108 valence electrons. The van der Waals surface area contributed by atoms with Crippen molar-refractivity contribution >= 4 is 18.0 Å². The lowest BCUT2D eigenvalue weighted by Gasteiger charge is -2.14. The first kappa shape index (κ1) is 15.4. The number of nitrogens with one attached hydrogen (secondary N) is 1. The molecular weight excluding hydrogens is 252 g/mol. The molecular formula is C12H20N2O5. The van der Waals surface area contributed by atoms with Gasteiger partial charge in [-0.25, -0.2) is 4.79 Å². The second kappa shape index (κ2) is 7.73. The molecule has 1 atom stereocenters. The minimum atomic E-state index is -0.793. The quantitative estimate of drug-likeness (QED) is 0.728. The maximum Gasteiger partial charge on any atom is 0.413 e. The van der Waals surface area contributed by atoms with Gasteiger partial charge in [-0.3, -0.25) is 19.8 Å². The van der Waals surface area contributed by atoms with Crippen molar-refractivity contribution in [1.82, 2.24) is 10.2 Å². The SMILES string of the molecule is CCOC(=O)NC(=O)CN1CCC(CCC(=O)O)C1. The highest BCUT2D eigenvalue weighted by molar-refractivity contribution is 5.92. The Hall–Kier alpha value is -1.63. The predicted molar refractivity (Wildman–Crippen MR) is 66.6 cm³/mol. The molecule has 1 saturated heterocycles. The number of nitrogens with zero attached hydrogens (tertiary/aromatic N) is 1. The van der Waals surface area contributed by atoms with Crippen molar-refractivity contribution in [1.29, 1.82) is 0 Å². The lowest BCUT2D eigenvalue weighted by Crippen LogP contribution is -2.39. The van der Waals surface area contributed by atoms with Gasteiger partial charge in [0, 0.05) is 13.0 Å². The number of hydrogen-bond donors (Lipinski definition) is 2. The molecule has 0 aliphatic carbocycles. The van der Waals surface area contributed by atoms with E-state index in [2.05, 4.69) is 10.1 Å². The molecule has 0 bridgehead atoms. The van der Waals surface area contributed by atoms with Gasteiger partial charge < -0.3 is 9.84 Å². The summed E-state index contributed by atoms with van der Waals surface area (Å²) >= 11 is 0. The number of rotatable bonds is 6. The third kappa shape index (κ3) is 6.19. The van der Waals surface area contributed by atoms with E-state index in [4.69, 9.17) is 5.11 Å². The Labute approximate surface area is 111 Å². The maximum atomic E-state index is 11.5. The zero-order valence-electron chi connectivity index (χ0n) is 11.1. The lowest BCUT2D eigenvalue weighted by atomic mass is 10.0. The van der Waals surface area contributed by atoms with E-state index in [0.29, 0.717) is 18.9 Å². The van der Waals surface area contributed by atoms with Gasteiger partial charge in [-0.2, -0.15) is 0 Å². The van der Waals surface area contributed by atoms with Gasteiger partial charge in [0.2, 0.25) is 5.91 Å². The van der Waals surface area contributed by atoms with Crippen LogP contribution in [0.15, 0.2) is 0 Å². The van der Waals surface area contributed by atoms with Crippen LogP contribution in [0, 0.1) is 5.92 Å². The number of carboxylic acids is 1. The third-order valence-corrected chi connectivity index (χ3v) is 3.02. The zero-order valence-corrected chi connectivity index (χ0v) is 11.1. The Morgan fingerprint density at radius 2 is 2.16 bits per heavy atom. The molecule has 1 aliphatic heterocycles. The number of likely N-dealkylation sites (tertiary alicyclic amines) is 1. The molecule has 0 spiro atoms. The highest BCUT2D eigenvalue weighted by Gasteiger charge is 2.24. The van der Waals surface area contributed by atoms with Crippen LogP contribution in [0.2, 0.25) is 0 Å². The molecule has 1 heterocycles. The molecule has 0 aromatic rings. The molecule has 0 aromatic heterocycles. The monoisotopic (exact) mass is 272 g/mol. The summed E-state index contributed by atoms with van der Waals surface area (Å²) in [5.74, 6) is -0.873. The number of carbonyl (C=O) groups is 3. The normalized spacial score (nSPS) is 19.1. The van der Waals surface area contributed by atoms with Gasteiger partial charge in [0.15, 0.2) is 0 Å². The van der Waals surface area contributed by atoms with E-state index in [1.807, 2.05) is 4.90 Å². The fourth-order valence-electron chi connectivity index (χ4n) is 2.14. The number of alkyl carbamates (subject to hydrolysis) is 1. The number of amides is 2. The molecule has 2 N–H and O–H groups in total. The van der Waals surface area contributed by atoms with E-state index >= 15 is 0 Å². The molecule has 2 amide bonds. The topological polar surface area (TPSA) is 95.9 Å². The summed E-state index contributed by atoms with van der Waals surface area (Å²) in [5, 5.41) is 10.7. The van der Waals surface area contributed by atoms with Crippen LogP contribution in [0.3, 0.4) is 0 Å². The van der Waals surface area contributed by atoms with Crippen molar-refractivity contribution in [3.8, 4) is 0 Å². The first-order chi connectivity index (χ1) is 9.01. The highest BCUT2D eigenvalue weighted by atomic mass is 16.5. The van der Waals surface area contributed by atoms with Gasteiger partial charge in [-0.05, 0) is 32.2 Å². The molecule has 0 radical (unpaired) electrons. The van der Waals surface area contributed by atoms with Gasteiger partial charge in [0.1, 0.15) is 0 Å². The molecule has 1 unspecified atom stereocenters. The van der Waals surface area contributed by atoms with Crippen LogP contribution in [0.25, 0.3) is 0 Å². The second-order valence-electron chi connectivity index (χ2n) is 4.59. The minimum absolute atomic E-state index is 0.141. The van der Waals surface area contributed by atoms with Crippen LogP contribution in [0.1, 0.15) is 26.2 Å². The van der Waals surface area contributed by atoms with Crippen molar-refractivity contribution in [2.75, 3.05) is 26.2 Å². The largest absolute Gasteiger partial charge is 0.481 e. The average Bonchev–Trinajstić information content (AvgIpc) is 2.74. The van der Waals surface area contributed by atoms with Crippen molar-refractivity contribution in [2.45, 2.75) is 26.2 Å². The number of aliphatic carboxylic acids is 1. The van der Waals surface area contributed by atoms with E-state index in [-0.39, 0.29) is 19.6 Å². The van der Waals surface area contributed by atoms with Gasteiger partial charge in [-0.1, -0.05) is 0 Å². The van der Waals surface area contributed by atoms with Gasteiger partial charge in [0.05, 0.1) is 13.2 Å². The molecule has 7 nitrogen and oxygen atoms in total. The van der Waals surface area contributed by atoms with Gasteiger partial charge in [-0.15, -0.1) is 0 Å². The van der Waals surface area contributed by atoms with Crippen molar-refractivity contribution in [3.05, 3.63) is 0 Å². The van der Waals surface area contributed by atoms with Crippen molar-refractivity contribution in [2.24, 2.45) is 5.92 Å². The Kier molecular flexibility index (Phi) is 6.27. The summed E-state index contributed by atoms with van der Waals surface area (Å²) < 4.78 is 4.61. The molecule has 1 rings (SSSR count). The maximum absolute atomic E-state index is 11.5. The summed E-state index contributed by atoms with van der Waals surface area (Å²) in [6.45, 7) is 3.48. The van der Waals surface area contributed by atoms with Crippen molar-refractivity contribution in [3.63, 3.8) is 0 Å². The third-order valence-electron chi connectivity index (χ3n) is 3.02.